The van der Waals surface area contributed by atoms with E-state index in [4.69, 9.17) is 14.7 Å². The molecule has 1 heterocycles. The predicted octanol–water partition coefficient (Wildman–Crippen LogP) is 4.43. The Morgan fingerprint density at radius 3 is 2.48 bits per heavy atom. The summed E-state index contributed by atoms with van der Waals surface area (Å²) in [5, 5.41) is 3.41. The van der Waals surface area contributed by atoms with Gasteiger partial charge in [0.1, 0.15) is 11.4 Å². The third-order valence-corrected chi connectivity index (χ3v) is 4.87. The van der Waals surface area contributed by atoms with Crippen LogP contribution in [0.25, 0.3) is 0 Å². The molecule has 0 unspecified atom stereocenters. The van der Waals surface area contributed by atoms with E-state index in [0.29, 0.717) is 6.61 Å². The van der Waals surface area contributed by atoms with Crippen molar-refractivity contribution in [3.8, 4) is 0 Å². The van der Waals surface area contributed by atoms with Crippen LogP contribution < -0.4 is 5.32 Å². The van der Waals surface area contributed by atoms with Crippen LogP contribution in [-0.2, 0) is 16.8 Å². The smallest absolute Gasteiger partial charge is 0.162 e. The molecule has 0 radical (unpaired) electrons. The van der Waals surface area contributed by atoms with E-state index < -0.39 is 0 Å². The van der Waals surface area contributed by atoms with E-state index in [1.165, 1.54) is 12.8 Å². The van der Waals surface area contributed by atoms with Crippen LogP contribution in [-0.4, -0.2) is 23.1 Å². The van der Waals surface area contributed by atoms with Gasteiger partial charge in [0.2, 0.25) is 0 Å². The maximum atomic E-state index is 6.11. The molecule has 0 spiro atoms. The van der Waals surface area contributed by atoms with Crippen LogP contribution in [0.5, 0.6) is 0 Å². The first-order valence-electron chi connectivity index (χ1n) is 8.11. The molecule has 1 aliphatic rings. The van der Waals surface area contributed by atoms with Crippen LogP contribution in [0.4, 0.5) is 5.82 Å². The number of nitrogens with zero attached hydrogens (tertiary/aromatic N) is 2. The van der Waals surface area contributed by atoms with Crippen molar-refractivity contribution in [2.24, 2.45) is 0 Å². The third kappa shape index (κ3) is 3.57. The Morgan fingerprint density at radius 2 is 1.90 bits per heavy atom. The van der Waals surface area contributed by atoms with E-state index in [0.717, 1.165) is 54.0 Å². The fourth-order valence-electron chi connectivity index (χ4n) is 2.95. The number of anilines is 1. The van der Waals surface area contributed by atoms with E-state index in [-0.39, 0.29) is 5.60 Å². The molecule has 1 aliphatic carbocycles. The zero-order valence-corrected chi connectivity index (χ0v) is 14.9. The van der Waals surface area contributed by atoms with E-state index in [9.17, 15) is 0 Å². The molecule has 0 aliphatic heterocycles. The molecule has 0 amide bonds. The summed E-state index contributed by atoms with van der Waals surface area (Å²) < 4.78 is 7.10. The normalized spacial score (nSPS) is 17.1. The van der Waals surface area contributed by atoms with Gasteiger partial charge in [-0.05, 0) is 61.4 Å². The summed E-state index contributed by atoms with van der Waals surface area (Å²) in [7, 11) is 0. The first-order chi connectivity index (χ1) is 10.2. The Bertz CT molecular complexity index is 473. The Morgan fingerprint density at radius 1 is 1.19 bits per heavy atom. The van der Waals surface area contributed by atoms with Crippen LogP contribution in [0.1, 0.15) is 64.4 Å². The average molecular weight is 356 g/mol. The number of rotatable bonds is 7. The standard InChI is InChI=1S/C16H26BrN3O/c1-4-11-18-14-13(17)12(5-2)19-15(20-14)16(21-6-3)9-7-8-10-16/h4-11H2,1-3H3,(H,18,19,20). The number of hydrogen-bond acceptors (Lipinski definition) is 4. The van der Waals surface area contributed by atoms with Gasteiger partial charge in [-0.15, -0.1) is 0 Å². The maximum absolute atomic E-state index is 6.11. The van der Waals surface area contributed by atoms with Crippen molar-refractivity contribution in [3.05, 3.63) is 16.0 Å². The largest absolute Gasteiger partial charge is 0.369 e. The molecule has 2 rings (SSSR count). The van der Waals surface area contributed by atoms with Gasteiger partial charge in [0.05, 0.1) is 10.2 Å². The van der Waals surface area contributed by atoms with Gasteiger partial charge >= 0.3 is 0 Å². The summed E-state index contributed by atoms with van der Waals surface area (Å²) in [5.74, 6) is 1.77. The second-order valence-electron chi connectivity index (χ2n) is 5.57. The van der Waals surface area contributed by atoms with E-state index >= 15 is 0 Å². The zero-order chi connectivity index (χ0) is 15.3. The lowest BCUT2D eigenvalue weighted by Crippen LogP contribution is -2.30. The molecule has 0 atom stereocenters. The fourth-order valence-corrected chi connectivity index (χ4v) is 3.54. The molecular weight excluding hydrogens is 330 g/mol. The third-order valence-electron chi connectivity index (χ3n) is 4.04. The summed E-state index contributed by atoms with van der Waals surface area (Å²) in [6.07, 6.45) is 6.40. The lowest BCUT2D eigenvalue weighted by atomic mass is 10.0. The van der Waals surface area contributed by atoms with Gasteiger partial charge in [-0.25, -0.2) is 9.97 Å². The lowest BCUT2D eigenvalue weighted by molar-refractivity contribution is -0.0457. The number of halogens is 1. The van der Waals surface area contributed by atoms with Crippen LogP contribution in [0, 0.1) is 0 Å². The molecule has 1 aromatic heterocycles. The first kappa shape index (κ1) is 16.7. The number of aromatic nitrogens is 2. The summed E-state index contributed by atoms with van der Waals surface area (Å²) >= 11 is 3.64. The first-order valence-corrected chi connectivity index (χ1v) is 8.90. The van der Waals surface area contributed by atoms with Gasteiger partial charge in [0.15, 0.2) is 5.82 Å². The zero-order valence-electron chi connectivity index (χ0n) is 13.3. The topological polar surface area (TPSA) is 47.0 Å². The fraction of sp³-hybridized carbons (Fsp3) is 0.750. The monoisotopic (exact) mass is 355 g/mol. The van der Waals surface area contributed by atoms with Gasteiger partial charge in [-0.1, -0.05) is 13.8 Å². The quantitative estimate of drug-likeness (QED) is 0.785. The van der Waals surface area contributed by atoms with Crippen LogP contribution in [0.15, 0.2) is 4.47 Å². The van der Waals surface area contributed by atoms with Crippen LogP contribution in [0.2, 0.25) is 0 Å². The molecule has 1 N–H and O–H groups in total. The highest BCUT2D eigenvalue weighted by Gasteiger charge is 2.40. The Hall–Kier alpha value is -0.680. The van der Waals surface area contributed by atoms with Gasteiger partial charge in [-0.3, -0.25) is 0 Å². The van der Waals surface area contributed by atoms with Crippen molar-refractivity contribution in [2.75, 3.05) is 18.5 Å². The lowest BCUT2D eigenvalue weighted by Gasteiger charge is -2.28. The van der Waals surface area contributed by atoms with Crippen molar-refractivity contribution >= 4 is 21.7 Å². The van der Waals surface area contributed by atoms with Gasteiger partial charge in [0, 0.05) is 13.2 Å². The van der Waals surface area contributed by atoms with Crippen molar-refractivity contribution in [1.29, 1.82) is 0 Å². The minimum Gasteiger partial charge on any atom is -0.369 e. The summed E-state index contributed by atoms with van der Waals surface area (Å²) in [4.78, 5) is 9.61. The Labute approximate surface area is 136 Å². The molecule has 1 fully saturated rings. The Balaban J connectivity index is 2.41. The summed E-state index contributed by atoms with van der Waals surface area (Å²) in [6, 6.07) is 0. The van der Waals surface area contributed by atoms with Crippen LogP contribution in [0.3, 0.4) is 0 Å². The van der Waals surface area contributed by atoms with Gasteiger partial charge in [-0.2, -0.15) is 0 Å². The highest BCUT2D eigenvalue weighted by molar-refractivity contribution is 9.10. The summed E-state index contributed by atoms with van der Waals surface area (Å²) in [6.45, 7) is 7.96. The van der Waals surface area contributed by atoms with Gasteiger partial charge in [0.25, 0.3) is 0 Å². The van der Waals surface area contributed by atoms with Crippen molar-refractivity contribution in [2.45, 2.75) is 64.9 Å². The number of ether oxygens (including phenoxy) is 1. The van der Waals surface area contributed by atoms with E-state index in [1.54, 1.807) is 0 Å². The SMILES string of the molecule is CCCNc1nc(C2(OCC)CCCC2)nc(CC)c1Br. The molecule has 0 bridgehead atoms. The van der Waals surface area contributed by atoms with E-state index in [2.05, 4.69) is 42.0 Å². The molecule has 4 nitrogen and oxygen atoms in total. The second kappa shape index (κ2) is 7.54. The highest BCUT2D eigenvalue weighted by atomic mass is 79.9. The molecule has 21 heavy (non-hydrogen) atoms. The molecule has 0 aromatic carbocycles. The molecule has 5 heteroatoms. The number of nitrogens with one attached hydrogen (secondary N) is 1. The summed E-state index contributed by atoms with van der Waals surface area (Å²) in [5.41, 5.74) is 0.784. The van der Waals surface area contributed by atoms with Crippen molar-refractivity contribution < 1.29 is 4.74 Å². The second-order valence-corrected chi connectivity index (χ2v) is 6.36. The minimum absolute atomic E-state index is 0.276. The van der Waals surface area contributed by atoms with Crippen molar-refractivity contribution in [3.63, 3.8) is 0 Å². The predicted molar refractivity (Wildman–Crippen MR) is 89.7 cm³/mol. The number of aryl methyl sites for hydroxylation is 1. The highest BCUT2D eigenvalue weighted by Crippen LogP contribution is 2.41. The molecule has 1 saturated carbocycles. The van der Waals surface area contributed by atoms with Gasteiger partial charge < -0.3 is 10.1 Å². The Kier molecular flexibility index (Phi) is 5.99. The van der Waals surface area contributed by atoms with E-state index in [1.807, 2.05) is 0 Å². The van der Waals surface area contributed by atoms with Crippen LogP contribution >= 0.6 is 15.9 Å². The number of hydrogen-bond donors (Lipinski definition) is 1. The molecule has 1 aromatic rings. The molecule has 0 saturated heterocycles. The molecule has 118 valence electrons. The maximum Gasteiger partial charge on any atom is 0.162 e. The molecular formula is C16H26BrN3O. The minimum atomic E-state index is -0.276. The average Bonchev–Trinajstić information content (AvgIpc) is 2.96. The van der Waals surface area contributed by atoms with Crippen molar-refractivity contribution in [1.82, 2.24) is 9.97 Å².